The minimum Gasteiger partial charge on any atom is -0.508 e. The van der Waals surface area contributed by atoms with Crippen LogP contribution in [0.1, 0.15) is 96.6 Å². The second kappa shape index (κ2) is 7.62. The van der Waals surface area contributed by atoms with Crippen molar-refractivity contribution in [3.63, 3.8) is 0 Å². The predicted octanol–water partition coefficient (Wildman–Crippen LogP) is 5.73. The summed E-state index contributed by atoms with van der Waals surface area (Å²) in [5.74, 6) is 1.52. The third kappa shape index (κ3) is 3.74. The van der Waals surface area contributed by atoms with E-state index in [1.54, 1.807) is 0 Å². The summed E-state index contributed by atoms with van der Waals surface area (Å²) in [6, 6.07) is 4.40. The number of carbonyl (C=O) groups excluding carboxylic acids is 1. The molecule has 4 rings (SSSR count). The molecule has 2 aliphatic carbocycles. The van der Waals surface area contributed by atoms with E-state index in [0.717, 1.165) is 54.6 Å². The standard InChI is InChI=1S/C26H37NO3/c1-6-12-25(2,3)17-14-21(28)23-19-13-16(24(29)27-18-8-7-9-18)10-11-20(19)26(4,5)30-22(23)15-17/h10,14-15,18-20,28H,6-9,11-13H2,1-5H3,(H,27,29). The highest BCUT2D eigenvalue weighted by Gasteiger charge is 2.47. The summed E-state index contributed by atoms with van der Waals surface area (Å²) in [5.41, 5.74) is 2.50. The van der Waals surface area contributed by atoms with Crippen LogP contribution < -0.4 is 10.1 Å². The van der Waals surface area contributed by atoms with Crippen LogP contribution in [-0.2, 0) is 10.2 Å². The van der Waals surface area contributed by atoms with Crippen LogP contribution in [0, 0.1) is 5.92 Å². The molecule has 0 saturated heterocycles. The number of nitrogens with one attached hydrogen (secondary N) is 1. The Kier molecular flexibility index (Phi) is 5.40. The third-order valence-corrected chi connectivity index (χ3v) is 7.69. The van der Waals surface area contributed by atoms with E-state index in [1.807, 2.05) is 6.07 Å². The lowest BCUT2D eigenvalue weighted by atomic mass is 9.66. The summed E-state index contributed by atoms with van der Waals surface area (Å²) in [4.78, 5) is 12.8. The number of amides is 1. The van der Waals surface area contributed by atoms with Gasteiger partial charge in [0.1, 0.15) is 17.1 Å². The number of allylic oxidation sites excluding steroid dienone is 1. The van der Waals surface area contributed by atoms with Gasteiger partial charge >= 0.3 is 0 Å². The average Bonchev–Trinajstić information content (AvgIpc) is 2.63. The Morgan fingerprint density at radius 3 is 2.67 bits per heavy atom. The van der Waals surface area contributed by atoms with E-state index in [0.29, 0.717) is 18.2 Å². The maximum atomic E-state index is 12.8. The summed E-state index contributed by atoms with van der Waals surface area (Å²) in [5, 5.41) is 14.3. The zero-order valence-corrected chi connectivity index (χ0v) is 19.2. The molecular formula is C26H37NO3. The highest BCUT2D eigenvalue weighted by molar-refractivity contribution is 5.94. The lowest BCUT2D eigenvalue weighted by Gasteiger charge is -2.47. The molecule has 0 aromatic heterocycles. The van der Waals surface area contributed by atoms with E-state index < -0.39 is 0 Å². The average molecular weight is 412 g/mol. The molecule has 2 unspecified atom stereocenters. The number of fused-ring (bicyclic) bond motifs is 3. The summed E-state index contributed by atoms with van der Waals surface area (Å²) < 4.78 is 6.48. The van der Waals surface area contributed by atoms with E-state index in [9.17, 15) is 9.90 Å². The molecule has 1 aliphatic heterocycles. The van der Waals surface area contributed by atoms with Gasteiger partial charge in [-0.2, -0.15) is 0 Å². The minimum absolute atomic E-state index is 0.0219. The SMILES string of the molecule is CCCC(C)(C)c1cc(O)c2c(c1)OC(C)(C)C1CC=C(C(=O)NC3CCC3)CC21. The molecule has 1 heterocycles. The van der Waals surface area contributed by atoms with Gasteiger partial charge < -0.3 is 15.2 Å². The molecular weight excluding hydrogens is 374 g/mol. The van der Waals surface area contributed by atoms with Crippen molar-refractivity contribution >= 4 is 5.91 Å². The molecule has 0 spiro atoms. The van der Waals surface area contributed by atoms with Crippen LogP contribution in [0.3, 0.4) is 0 Å². The normalized spacial score (nSPS) is 25.3. The maximum Gasteiger partial charge on any atom is 0.247 e. The fourth-order valence-corrected chi connectivity index (χ4v) is 5.57. The second-order valence-electron chi connectivity index (χ2n) is 10.7. The van der Waals surface area contributed by atoms with Gasteiger partial charge in [0.2, 0.25) is 5.91 Å². The smallest absolute Gasteiger partial charge is 0.247 e. The monoisotopic (exact) mass is 411 g/mol. The Morgan fingerprint density at radius 1 is 1.30 bits per heavy atom. The highest BCUT2D eigenvalue weighted by atomic mass is 16.5. The van der Waals surface area contributed by atoms with Crippen molar-refractivity contribution < 1.29 is 14.6 Å². The number of rotatable bonds is 5. The maximum absolute atomic E-state index is 12.8. The van der Waals surface area contributed by atoms with Gasteiger partial charge in [-0.25, -0.2) is 0 Å². The van der Waals surface area contributed by atoms with Crippen LogP contribution in [0.2, 0.25) is 0 Å². The summed E-state index contributed by atoms with van der Waals surface area (Å²) in [6.07, 6.45) is 9.08. The van der Waals surface area contributed by atoms with Crippen LogP contribution in [0.15, 0.2) is 23.8 Å². The van der Waals surface area contributed by atoms with Gasteiger partial charge in [-0.15, -0.1) is 0 Å². The Labute approximate surface area is 181 Å². The molecule has 4 heteroatoms. The number of hydrogen-bond acceptors (Lipinski definition) is 3. The molecule has 30 heavy (non-hydrogen) atoms. The molecule has 2 N–H and O–H groups in total. The zero-order chi connectivity index (χ0) is 21.7. The van der Waals surface area contributed by atoms with Gasteiger partial charge in [0.25, 0.3) is 0 Å². The first-order valence-corrected chi connectivity index (χ1v) is 11.7. The van der Waals surface area contributed by atoms with Crippen molar-refractivity contribution in [2.24, 2.45) is 5.92 Å². The molecule has 1 aromatic rings. The van der Waals surface area contributed by atoms with Crippen molar-refractivity contribution in [2.45, 2.75) is 103 Å². The lowest BCUT2D eigenvalue weighted by Crippen LogP contribution is -2.47. The number of phenols is 1. The fraction of sp³-hybridized carbons (Fsp3) is 0.654. The van der Waals surface area contributed by atoms with E-state index in [1.165, 1.54) is 6.42 Å². The van der Waals surface area contributed by atoms with Crippen LogP contribution in [-0.4, -0.2) is 22.7 Å². The van der Waals surface area contributed by atoms with Crippen LogP contribution in [0.5, 0.6) is 11.5 Å². The van der Waals surface area contributed by atoms with Crippen molar-refractivity contribution in [3.05, 3.63) is 34.9 Å². The summed E-state index contributed by atoms with van der Waals surface area (Å²) >= 11 is 0. The molecule has 0 radical (unpaired) electrons. The number of carbonyl (C=O) groups is 1. The number of aromatic hydroxyl groups is 1. The predicted molar refractivity (Wildman–Crippen MR) is 120 cm³/mol. The van der Waals surface area contributed by atoms with Gasteiger partial charge in [-0.3, -0.25) is 4.79 Å². The molecule has 1 saturated carbocycles. The Bertz CT molecular complexity index is 863. The number of phenolic OH excluding ortho intramolecular Hbond substituents is 1. The summed E-state index contributed by atoms with van der Waals surface area (Å²) in [6.45, 7) is 10.9. The first-order chi connectivity index (χ1) is 14.1. The van der Waals surface area contributed by atoms with Gasteiger partial charge in [0.05, 0.1) is 0 Å². The van der Waals surface area contributed by atoms with Crippen LogP contribution in [0.4, 0.5) is 0 Å². The topological polar surface area (TPSA) is 58.6 Å². The van der Waals surface area contributed by atoms with Crippen LogP contribution >= 0.6 is 0 Å². The van der Waals surface area contributed by atoms with E-state index in [-0.39, 0.29) is 28.8 Å². The molecule has 2 atom stereocenters. The Hall–Kier alpha value is -1.97. The van der Waals surface area contributed by atoms with Gasteiger partial charge in [-0.05, 0) is 75.5 Å². The summed E-state index contributed by atoms with van der Waals surface area (Å²) in [7, 11) is 0. The largest absolute Gasteiger partial charge is 0.508 e. The molecule has 1 fully saturated rings. The molecule has 1 aromatic carbocycles. The van der Waals surface area contributed by atoms with Gasteiger partial charge in [0, 0.05) is 29.0 Å². The molecule has 164 valence electrons. The fourth-order valence-electron chi connectivity index (χ4n) is 5.57. The number of benzene rings is 1. The first kappa shape index (κ1) is 21.3. The zero-order valence-electron chi connectivity index (χ0n) is 19.2. The van der Waals surface area contributed by atoms with Gasteiger partial charge in [0.15, 0.2) is 0 Å². The first-order valence-electron chi connectivity index (χ1n) is 11.7. The molecule has 3 aliphatic rings. The van der Waals surface area contributed by atoms with E-state index in [2.05, 4.69) is 52.1 Å². The lowest BCUT2D eigenvalue weighted by molar-refractivity contribution is -0.119. The molecule has 1 amide bonds. The quantitative estimate of drug-likeness (QED) is 0.650. The van der Waals surface area contributed by atoms with E-state index >= 15 is 0 Å². The van der Waals surface area contributed by atoms with Crippen molar-refractivity contribution in [3.8, 4) is 11.5 Å². The van der Waals surface area contributed by atoms with Crippen LogP contribution in [0.25, 0.3) is 0 Å². The molecule has 4 nitrogen and oxygen atoms in total. The minimum atomic E-state index is -0.343. The van der Waals surface area contributed by atoms with E-state index in [4.69, 9.17) is 4.74 Å². The Morgan fingerprint density at radius 2 is 2.03 bits per heavy atom. The van der Waals surface area contributed by atoms with Crippen molar-refractivity contribution in [2.75, 3.05) is 0 Å². The third-order valence-electron chi connectivity index (χ3n) is 7.69. The van der Waals surface area contributed by atoms with Crippen molar-refractivity contribution in [1.29, 1.82) is 0 Å². The number of ether oxygens (including phenoxy) is 1. The van der Waals surface area contributed by atoms with Crippen molar-refractivity contribution in [1.82, 2.24) is 5.32 Å². The second-order valence-corrected chi connectivity index (χ2v) is 10.7. The molecule has 0 bridgehead atoms. The number of hydrogen-bond donors (Lipinski definition) is 2. The highest BCUT2D eigenvalue weighted by Crippen LogP contribution is 2.55. The van der Waals surface area contributed by atoms with Gasteiger partial charge in [-0.1, -0.05) is 33.3 Å². The Balaban J connectivity index is 1.67.